The zero-order valence-corrected chi connectivity index (χ0v) is 17.4. The molecule has 9 heteroatoms. The van der Waals surface area contributed by atoms with Gasteiger partial charge in [0, 0.05) is 39.7 Å². The molecule has 1 saturated heterocycles. The second kappa shape index (κ2) is 8.33. The van der Waals surface area contributed by atoms with Gasteiger partial charge in [0.05, 0.1) is 12.1 Å². The molecule has 1 aliphatic rings. The second-order valence-corrected chi connectivity index (χ2v) is 7.83. The summed E-state index contributed by atoms with van der Waals surface area (Å²) in [5.74, 6) is 0.484. The number of carbonyl (C=O) groups excluding carboxylic acids is 1. The Hall–Kier alpha value is -3.49. The minimum Gasteiger partial charge on any atom is -0.445 e. The van der Waals surface area contributed by atoms with Crippen LogP contribution >= 0.6 is 0 Å². The number of aromatic nitrogens is 3. The Morgan fingerprint density at radius 1 is 1.19 bits per heavy atom. The highest BCUT2D eigenvalue weighted by molar-refractivity contribution is 5.92. The van der Waals surface area contributed by atoms with Crippen molar-refractivity contribution in [3.8, 4) is 0 Å². The first kappa shape index (κ1) is 20.8. The number of piperidine rings is 1. The number of benzene rings is 1. The van der Waals surface area contributed by atoms with Crippen LogP contribution in [0.5, 0.6) is 0 Å². The van der Waals surface area contributed by atoms with Crippen molar-refractivity contribution in [3.63, 3.8) is 0 Å². The van der Waals surface area contributed by atoms with Crippen molar-refractivity contribution in [2.24, 2.45) is 14.1 Å². The molecule has 0 saturated carbocycles. The molecule has 1 amide bonds. The van der Waals surface area contributed by atoms with Crippen LogP contribution in [0, 0.1) is 5.82 Å². The van der Waals surface area contributed by atoms with E-state index >= 15 is 0 Å². The summed E-state index contributed by atoms with van der Waals surface area (Å²) < 4.78 is 21.2. The van der Waals surface area contributed by atoms with Crippen molar-refractivity contribution >= 4 is 5.91 Å². The molecule has 0 radical (unpaired) electrons. The molecule has 4 rings (SSSR count). The quantitative estimate of drug-likeness (QED) is 0.635. The van der Waals surface area contributed by atoms with E-state index in [1.165, 1.54) is 36.9 Å². The van der Waals surface area contributed by atoms with E-state index in [9.17, 15) is 18.8 Å². The summed E-state index contributed by atoms with van der Waals surface area (Å²) in [4.78, 5) is 43.2. The Morgan fingerprint density at radius 2 is 1.94 bits per heavy atom. The van der Waals surface area contributed by atoms with E-state index in [-0.39, 0.29) is 23.3 Å². The summed E-state index contributed by atoms with van der Waals surface area (Å²) in [7, 11) is 2.86. The number of likely N-dealkylation sites (tertiary alicyclic amines) is 1. The number of carbonyl (C=O) groups is 1. The lowest BCUT2D eigenvalue weighted by molar-refractivity contribution is 0.0685. The number of amides is 1. The first-order chi connectivity index (χ1) is 14.8. The van der Waals surface area contributed by atoms with Gasteiger partial charge in [-0.25, -0.2) is 14.2 Å². The molecule has 8 nitrogen and oxygen atoms in total. The van der Waals surface area contributed by atoms with Gasteiger partial charge >= 0.3 is 5.69 Å². The van der Waals surface area contributed by atoms with Gasteiger partial charge in [-0.2, -0.15) is 0 Å². The average Bonchev–Trinajstić information content (AvgIpc) is 3.24. The monoisotopic (exact) mass is 426 g/mol. The molecule has 1 atom stereocenters. The maximum Gasteiger partial charge on any atom is 0.331 e. The molecule has 0 aliphatic carbocycles. The fraction of sp³-hybridized carbons (Fsp3) is 0.364. The fourth-order valence-corrected chi connectivity index (χ4v) is 3.86. The molecule has 0 bridgehead atoms. The highest BCUT2D eigenvalue weighted by Crippen LogP contribution is 2.28. The normalized spacial score (nSPS) is 16.5. The van der Waals surface area contributed by atoms with E-state index in [0.717, 1.165) is 23.0 Å². The number of nitrogens with zero attached hydrogens (tertiary/aromatic N) is 4. The van der Waals surface area contributed by atoms with E-state index in [1.807, 2.05) is 0 Å². The Kier molecular flexibility index (Phi) is 5.58. The molecule has 0 N–H and O–H groups in total. The highest BCUT2D eigenvalue weighted by atomic mass is 19.1. The van der Waals surface area contributed by atoms with Gasteiger partial charge < -0.3 is 9.32 Å². The van der Waals surface area contributed by atoms with Crippen molar-refractivity contribution in [1.82, 2.24) is 19.0 Å². The largest absolute Gasteiger partial charge is 0.445 e. The minimum absolute atomic E-state index is 0.0677. The molecule has 162 valence electrons. The number of hydrogen-bond acceptors (Lipinski definition) is 5. The van der Waals surface area contributed by atoms with E-state index in [1.54, 1.807) is 23.2 Å². The minimum atomic E-state index is -0.539. The predicted molar refractivity (Wildman–Crippen MR) is 111 cm³/mol. The lowest BCUT2D eigenvalue weighted by Crippen LogP contribution is -2.44. The Labute approximate surface area is 177 Å². The third-order valence-corrected chi connectivity index (χ3v) is 5.67. The van der Waals surface area contributed by atoms with Crippen LogP contribution in [0.25, 0.3) is 0 Å². The molecule has 2 aromatic heterocycles. The molecular formula is C22H23FN4O4. The lowest BCUT2D eigenvalue weighted by Gasteiger charge is -2.31. The average molecular weight is 426 g/mol. The molecule has 1 fully saturated rings. The van der Waals surface area contributed by atoms with Gasteiger partial charge in [0.1, 0.15) is 17.3 Å². The van der Waals surface area contributed by atoms with Crippen LogP contribution in [0.1, 0.15) is 46.5 Å². The fourth-order valence-electron chi connectivity index (χ4n) is 3.86. The van der Waals surface area contributed by atoms with Crippen LogP contribution in [0.4, 0.5) is 4.39 Å². The van der Waals surface area contributed by atoms with Crippen molar-refractivity contribution in [1.29, 1.82) is 0 Å². The summed E-state index contributed by atoms with van der Waals surface area (Å²) in [6.45, 7) is 0.917. The molecule has 1 unspecified atom stereocenters. The molecule has 31 heavy (non-hydrogen) atoms. The van der Waals surface area contributed by atoms with Crippen molar-refractivity contribution in [2.75, 3.05) is 13.1 Å². The molecular weight excluding hydrogens is 403 g/mol. The van der Waals surface area contributed by atoms with E-state index in [0.29, 0.717) is 31.2 Å². The Balaban J connectivity index is 1.50. The molecule has 1 aliphatic heterocycles. The predicted octanol–water partition coefficient (Wildman–Crippen LogP) is 1.82. The van der Waals surface area contributed by atoms with Crippen molar-refractivity contribution < 1.29 is 13.6 Å². The zero-order valence-electron chi connectivity index (χ0n) is 17.4. The zero-order chi connectivity index (χ0) is 22.1. The highest BCUT2D eigenvalue weighted by Gasteiger charge is 2.29. The third-order valence-electron chi connectivity index (χ3n) is 5.67. The summed E-state index contributed by atoms with van der Waals surface area (Å²) in [6.07, 6.45) is 3.72. The van der Waals surface area contributed by atoms with E-state index < -0.39 is 11.2 Å². The standard InChI is InChI=1S/C22H23FN4O4/c1-25-18(11-19(28)26(2)22(25)30)21(29)27-9-3-4-15(13-27)20-24-12-17(31-20)10-14-5-7-16(23)8-6-14/h5-8,11-12,15H,3-4,9-10,13H2,1-2H3. The van der Waals surface area contributed by atoms with Gasteiger partial charge in [0.2, 0.25) is 0 Å². The first-order valence-corrected chi connectivity index (χ1v) is 10.1. The third kappa shape index (κ3) is 4.21. The summed E-state index contributed by atoms with van der Waals surface area (Å²) >= 11 is 0. The number of rotatable bonds is 4. The first-order valence-electron chi connectivity index (χ1n) is 10.1. The van der Waals surface area contributed by atoms with Gasteiger partial charge in [-0.3, -0.25) is 18.7 Å². The Morgan fingerprint density at radius 3 is 2.68 bits per heavy atom. The van der Waals surface area contributed by atoms with Crippen molar-refractivity contribution in [2.45, 2.75) is 25.2 Å². The topological polar surface area (TPSA) is 90.3 Å². The van der Waals surface area contributed by atoms with Gasteiger partial charge in [-0.15, -0.1) is 0 Å². The maximum atomic E-state index is 13.1. The van der Waals surface area contributed by atoms with Crippen LogP contribution < -0.4 is 11.2 Å². The van der Waals surface area contributed by atoms with Gasteiger partial charge in [-0.05, 0) is 30.5 Å². The van der Waals surface area contributed by atoms with Crippen LogP contribution in [0.15, 0.2) is 50.5 Å². The summed E-state index contributed by atoms with van der Waals surface area (Å²) in [5.41, 5.74) is -0.0741. The van der Waals surface area contributed by atoms with Gasteiger partial charge in [0.15, 0.2) is 5.89 Å². The van der Waals surface area contributed by atoms with E-state index in [4.69, 9.17) is 4.42 Å². The van der Waals surface area contributed by atoms with Gasteiger partial charge in [0.25, 0.3) is 11.5 Å². The maximum absolute atomic E-state index is 13.1. The van der Waals surface area contributed by atoms with Crippen molar-refractivity contribution in [3.05, 3.63) is 86.1 Å². The number of hydrogen-bond donors (Lipinski definition) is 0. The summed E-state index contributed by atoms with van der Waals surface area (Å²) in [6, 6.07) is 7.40. The van der Waals surface area contributed by atoms with Crippen LogP contribution in [-0.4, -0.2) is 38.0 Å². The molecule has 3 aromatic rings. The molecule has 0 spiro atoms. The number of oxazole rings is 1. The Bertz CT molecular complexity index is 1230. The lowest BCUT2D eigenvalue weighted by atomic mass is 9.97. The van der Waals surface area contributed by atoms with Crippen LogP contribution in [0.2, 0.25) is 0 Å². The molecule has 3 heterocycles. The molecule has 1 aromatic carbocycles. The number of halogens is 1. The van der Waals surface area contributed by atoms with Crippen LogP contribution in [-0.2, 0) is 20.5 Å². The second-order valence-electron chi connectivity index (χ2n) is 7.83. The van der Waals surface area contributed by atoms with Crippen LogP contribution in [0.3, 0.4) is 0 Å². The SMILES string of the molecule is Cn1c(C(=O)N2CCCC(c3ncc(Cc4ccc(F)cc4)o3)C2)cc(=O)n(C)c1=O. The van der Waals surface area contributed by atoms with E-state index in [2.05, 4.69) is 4.98 Å². The smallest absolute Gasteiger partial charge is 0.331 e. The van der Waals surface area contributed by atoms with Gasteiger partial charge in [-0.1, -0.05) is 12.1 Å². The summed E-state index contributed by atoms with van der Waals surface area (Å²) in [5, 5.41) is 0.